The summed E-state index contributed by atoms with van der Waals surface area (Å²) in [6.07, 6.45) is 5.88. The molecule has 0 unspecified atom stereocenters. The van der Waals surface area contributed by atoms with Crippen molar-refractivity contribution in [1.29, 1.82) is 0 Å². The lowest BCUT2D eigenvalue weighted by molar-refractivity contribution is 0.701. The maximum Gasteiger partial charge on any atom is 0.0451 e. The van der Waals surface area contributed by atoms with Crippen LogP contribution < -0.4 is 5.32 Å². The Morgan fingerprint density at radius 1 is 1.50 bits per heavy atom. The summed E-state index contributed by atoms with van der Waals surface area (Å²) in [6, 6.07) is 5.81. The Balaban J connectivity index is 2.50. The average molecular weight is 273 g/mol. The summed E-state index contributed by atoms with van der Waals surface area (Å²) in [5.74, 6) is 2.58. The van der Waals surface area contributed by atoms with Crippen molar-refractivity contribution in [2.75, 3.05) is 6.54 Å². The molecule has 0 saturated carbocycles. The van der Waals surface area contributed by atoms with E-state index in [4.69, 9.17) is 18.0 Å². The molecule has 1 N–H and O–H groups in total. The molecule has 0 heterocycles. The van der Waals surface area contributed by atoms with Crippen LogP contribution in [0.1, 0.15) is 12.0 Å². The molecule has 0 aliphatic heterocycles. The maximum absolute atomic E-state index is 6.01. The van der Waals surface area contributed by atoms with Gasteiger partial charge in [-0.25, -0.2) is 0 Å². The lowest BCUT2D eigenvalue weighted by Crippen LogP contribution is -2.14. The number of nitrogens with one attached hydrogen (secondary N) is 1. The molecule has 0 atom stereocenters. The maximum atomic E-state index is 6.01. The Bertz CT molecular complexity index is 344. The van der Waals surface area contributed by atoms with Gasteiger partial charge in [0.05, 0.1) is 0 Å². The summed E-state index contributed by atoms with van der Waals surface area (Å²) in [6.45, 7) is 1.57. The zero-order chi connectivity index (χ0) is 10.4. The van der Waals surface area contributed by atoms with Crippen LogP contribution in [0.2, 0.25) is 5.02 Å². The molecule has 1 aromatic carbocycles. The SMILES string of the molecule is C#CCCNCc1cc(Br)ccc1Cl. The van der Waals surface area contributed by atoms with Gasteiger partial charge in [-0.3, -0.25) is 0 Å². The van der Waals surface area contributed by atoms with Gasteiger partial charge in [-0.2, -0.15) is 0 Å². The zero-order valence-corrected chi connectivity index (χ0v) is 10.0. The molecule has 1 nitrogen and oxygen atoms in total. The summed E-state index contributed by atoms with van der Waals surface area (Å²) >= 11 is 9.41. The molecule has 14 heavy (non-hydrogen) atoms. The van der Waals surface area contributed by atoms with Crippen LogP contribution in [-0.4, -0.2) is 6.54 Å². The summed E-state index contributed by atoms with van der Waals surface area (Å²) in [7, 11) is 0. The van der Waals surface area contributed by atoms with E-state index in [0.29, 0.717) is 0 Å². The van der Waals surface area contributed by atoms with Crippen molar-refractivity contribution in [3.8, 4) is 12.3 Å². The highest BCUT2D eigenvalue weighted by atomic mass is 79.9. The molecular formula is C11H11BrClN. The van der Waals surface area contributed by atoms with Gasteiger partial charge in [0.1, 0.15) is 0 Å². The largest absolute Gasteiger partial charge is 0.312 e. The number of rotatable bonds is 4. The monoisotopic (exact) mass is 271 g/mol. The van der Waals surface area contributed by atoms with Gasteiger partial charge in [-0.05, 0) is 23.8 Å². The minimum Gasteiger partial charge on any atom is -0.312 e. The van der Waals surface area contributed by atoms with Gasteiger partial charge in [-0.15, -0.1) is 12.3 Å². The molecule has 1 aromatic rings. The van der Waals surface area contributed by atoms with Gasteiger partial charge >= 0.3 is 0 Å². The number of halogens is 2. The normalized spacial score (nSPS) is 9.79. The van der Waals surface area contributed by atoms with Crippen molar-refractivity contribution in [3.05, 3.63) is 33.3 Å². The highest BCUT2D eigenvalue weighted by Crippen LogP contribution is 2.20. The van der Waals surface area contributed by atoms with Gasteiger partial charge in [0.2, 0.25) is 0 Å². The third kappa shape index (κ3) is 3.71. The van der Waals surface area contributed by atoms with E-state index in [1.807, 2.05) is 18.2 Å². The first-order valence-electron chi connectivity index (χ1n) is 4.32. The van der Waals surface area contributed by atoms with Crippen molar-refractivity contribution in [1.82, 2.24) is 5.32 Å². The molecule has 0 amide bonds. The van der Waals surface area contributed by atoms with Gasteiger partial charge in [-0.1, -0.05) is 27.5 Å². The zero-order valence-electron chi connectivity index (χ0n) is 7.69. The lowest BCUT2D eigenvalue weighted by Gasteiger charge is -2.05. The first-order valence-corrected chi connectivity index (χ1v) is 5.49. The van der Waals surface area contributed by atoms with Gasteiger partial charge in [0.15, 0.2) is 0 Å². The van der Waals surface area contributed by atoms with Crippen LogP contribution in [0.15, 0.2) is 22.7 Å². The summed E-state index contributed by atoms with van der Waals surface area (Å²) < 4.78 is 1.04. The van der Waals surface area contributed by atoms with Gasteiger partial charge in [0.25, 0.3) is 0 Å². The van der Waals surface area contributed by atoms with Crippen molar-refractivity contribution in [2.45, 2.75) is 13.0 Å². The van der Waals surface area contributed by atoms with Crippen LogP contribution >= 0.6 is 27.5 Å². The highest BCUT2D eigenvalue weighted by molar-refractivity contribution is 9.10. The fourth-order valence-electron chi connectivity index (χ4n) is 1.06. The van der Waals surface area contributed by atoms with E-state index < -0.39 is 0 Å². The van der Waals surface area contributed by atoms with E-state index in [2.05, 4.69) is 27.2 Å². The molecule has 0 fully saturated rings. The Kier molecular flexibility index (Phi) is 5.03. The van der Waals surface area contributed by atoms with Crippen LogP contribution in [0, 0.1) is 12.3 Å². The summed E-state index contributed by atoms with van der Waals surface area (Å²) in [5, 5.41) is 4.00. The molecule has 0 aliphatic rings. The Morgan fingerprint density at radius 2 is 2.29 bits per heavy atom. The predicted octanol–water partition coefficient (Wildman–Crippen LogP) is 3.22. The molecule has 3 heteroatoms. The fourth-order valence-corrected chi connectivity index (χ4v) is 1.66. The van der Waals surface area contributed by atoms with Crippen LogP contribution in [0.5, 0.6) is 0 Å². The molecular weight excluding hydrogens is 261 g/mol. The topological polar surface area (TPSA) is 12.0 Å². The van der Waals surface area contributed by atoms with E-state index in [1.165, 1.54) is 0 Å². The van der Waals surface area contributed by atoms with Crippen molar-refractivity contribution in [2.24, 2.45) is 0 Å². The quantitative estimate of drug-likeness (QED) is 0.655. The van der Waals surface area contributed by atoms with Crippen molar-refractivity contribution >= 4 is 27.5 Å². The molecule has 0 spiro atoms. The second kappa shape index (κ2) is 6.08. The first kappa shape index (κ1) is 11.6. The molecule has 74 valence electrons. The van der Waals surface area contributed by atoms with Crippen LogP contribution in [0.25, 0.3) is 0 Å². The molecule has 0 radical (unpaired) electrons. The minimum absolute atomic E-state index is 0.742. The Morgan fingerprint density at radius 3 is 3.00 bits per heavy atom. The molecule has 0 saturated heterocycles. The highest BCUT2D eigenvalue weighted by Gasteiger charge is 1.99. The summed E-state index contributed by atoms with van der Waals surface area (Å²) in [4.78, 5) is 0. The molecule has 0 aromatic heterocycles. The van der Waals surface area contributed by atoms with Crippen molar-refractivity contribution in [3.63, 3.8) is 0 Å². The van der Waals surface area contributed by atoms with E-state index in [0.717, 1.165) is 34.6 Å². The summed E-state index contributed by atoms with van der Waals surface area (Å²) in [5.41, 5.74) is 1.08. The second-order valence-corrected chi connectivity index (χ2v) is 4.19. The van der Waals surface area contributed by atoms with Crippen molar-refractivity contribution < 1.29 is 0 Å². The molecule has 0 bridgehead atoms. The number of hydrogen-bond donors (Lipinski definition) is 1. The van der Waals surface area contributed by atoms with Gasteiger partial charge < -0.3 is 5.32 Å². The second-order valence-electron chi connectivity index (χ2n) is 2.87. The number of benzene rings is 1. The first-order chi connectivity index (χ1) is 6.74. The van der Waals surface area contributed by atoms with E-state index in [-0.39, 0.29) is 0 Å². The van der Waals surface area contributed by atoms with Crippen LogP contribution in [-0.2, 0) is 6.54 Å². The minimum atomic E-state index is 0.742. The Hall–Kier alpha value is -0.490. The van der Waals surface area contributed by atoms with Crippen LogP contribution in [0.3, 0.4) is 0 Å². The number of hydrogen-bond acceptors (Lipinski definition) is 1. The standard InChI is InChI=1S/C11H11BrClN/c1-2-3-6-14-8-9-7-10(12)4-5-11(9)13/h1,4-5,7,14H,3,6,8H2. The molecule has 0 aliphatic carbocycles. The van der Waals surface area contributed by atoms with E-state index in [9.17, 15) is 0 Å². The third-order valence-corrected chi connectivity index (χ3v) is 2.63. The third-order valence-electron chi connectivity index (χ3n) is 1.77. The van der Waals surface area contributed by atoms with E-state index >= 15 is 0 Å². The van der Waals surface area contributed by atoms with Gasteiger partial charge in [0, 0.05) is 29.0 Å². The van der Waals surface area contributed by atoms with E-state index in [1.54, 1.807) is 0 Å². The Labute approximate surface area is 98.0 Å². The van der Waals surface area contributed by atoms with Crippen LogP contribution in [0.4, 0.5) is 0 Å². The predicted molar refractivity (Wildman–Crippen MR) is 64.3 cm³/mol. The smallest absolute Gasteiger partial charge is 0.0451 e. The average Bonchev–Trinajstić information content (AvgIpc) is 2.18. The molecule has 1 rings (SSSR count). The fraction of sp³-hybridized carbons (Fsp3) is 0.273. The number of terminal acetylenes is 1. The lowest BCUT2D eigenvalue weighted by atomic mass is 10.2.